The third-order valence-corrected chi connectivity index (χ3v) is 5.98. The molecule has 1 amide bonds. The van der Waals surface area contributed by atoms with Crippen LogP contribution in [0.1, 0.15) is 26.2 Å². The maximum atomic E-state index is 12.4. The van der Waals surface area contributed by atoms with E-state index in [9.17, 15) is 13.2 Å². The number of sulfonamides is 1. The van der Waals surface area contributed by atoms with E-state index >= 15 is 0 Å². The molecule has 0 aliphatic heterocycles. The van der Waals surface area contributed by atoms with Crippen molar-refractivity contribution in [1.29, 1.82) is 0 Å². The molecular weight excluding hydrogens is 312 g/mol. The van der Waals surface area contributed by atoms with Crippen molar-refractivity contribution in [3.63, 3.8) is 0 Å². The third kappa shape index (κ3) is 3.75. The molecule has 124 valence electrons. The quantitative estimate of drug-likeness (QED) is 0.785. The molecule has 0 radical (unpaired) electrons. The van der Waals surface area contributed by atoms with Gasteiger partial charge in [-0.1, -0.05) is 25.1 Å². The van der Waals surface area contributed by atoms with Crippen molar-refractivity contribution >= 4 is 27.3 Å². The molecule has 3 rings (SSSR count). The molecule has 1 saturated carbocycles. The summed E-state index contributed by atoms with van der Waals surface area (Å²) < 4.78 is 26.2. The number of fused-ring (bicyclic) bond motifs is 2. The Morgan fingerprint density at radius 1 is 1.22 bits per heavy atom. The fourth-order valence-corrected chi connectivity index (χ4v) is 4.60. The minimum absolute atomic E-state index is 0.0235. The number of amides is 1. The molecule has 2 N–H and O–H groups in total. The molecule has 1 aromatic carbocycles. The number of rotatable bonds is 6. The first kappa shape index (κ1) is 16.1. The Kier molecular flexibility index (Phi) is 4.43. The Bertz CT molecular complexity index is 727. The number of hydrogen-bond acceptors (Lipinski definition) is 3. The molecule has 1 fully saturated rings. The van der Waals surface area contributed by atoms with Gasteiger partial charge in [0, 0.05) is 11.6 Å². The molecule has 0 heterocycles. The third-order valence-electron chi connectivity index (χ3n) is 4.49. The Balaban J connectivity index is 1.66. The first-order valence-electron chi connectivity index (χ1n) is 8.06. The average Bonchev–Trinajstić information content (AvgIpc) is 3.09. The van der Waals surface area contributed by atoms with Crippen LogP contribution in [0.25, 0.3) is 0 Å². The van der Waals surface area contributed by atoms with Crippen molar-refractivity contribution in [1.82, 2.24) is 0 Å². The minimum atomic E-state index is -3.32. The highest BCUT2D eigenvalue weighted by atomic mass is 32.2. The van der Waals surface area contributed by atoms with E-state index in [0.717, 1.165) is 12.8 Å². The molecular formula is C17H22N2O3S. The summed E-state index contributed by atoms with van der Waals surface area (Å²) in [4.78, 5) is 12.4. The van der Waals surface area contributed by atoms with Crippen LogP contribution < -0.4 is 10.0 Å². The van der Waals surface area contributed by atoms with Gasteiger partial charge in [-0.15, -0.1) is 0 Å². The summed E-state index contributed by atoms with van der Waals surface area (Å²) in [6.45, 7) is 1.82. The van der Waals surface area contributed by atoms with Crippen molar-refractivity contribution < 1.29 is 13.2 Å². The lowest BCUT2D eigenvalue weighted by molar-refractivity contribution is -0.120. The molecule has 1 aromatic rings. The number of carbonyl (C=O) groups is 1. The molecule has 6 heteroatoms. The van der Waals surface area contributed by atoms with Crippen LogP contribution in [0.2, 0.25) is 0 Å². The van der Waals surface area contributed by atoms with Gasteiger partial charge in [0.15, 0.2) is 0 Å². The SMILES string of the molecule is CCCS(=O)(=O)Nc1cccc(NC(=O)[C@@H]2C[C@H]3C=C[C@H]2C3)c1. The van der Waals surface area contributed by atoms with Gasteiger partial charge < -0.3 is 5.32 Å². The van der Waals surface area contributed by atoms with E-state index < -0.39 is 10.0 Å². The zero-order valence-corrected chi connectivity index (χ0v) is 14.0. The molecule has 23 heavy (non-hydrogen) atoms. The second-order valence-electron chi connectivity index (χ2n) is 6.38. The summed E-state index contributed by atoms with van der Waals surface area (Å²) in [7, 11) is -3.32. The normalized spacial score (nSPS) is 25.5. The van der Waals surface area contributed by atoms with Crippen LogP contribution in [0.15, 0.2) is 36.4 Å². The Labute approximate surface area is 137 Å². The smallest absolute Gasteiger partial charge is 0.232 e. The van der Waals surface area contributed by atoms with Gasteiger partial charge in [0.2, 0.25) is 15.9 Å². The molecule has 2 aliphatic rings. The lowest BCUT2D eigenvalue weighted by Gasteiger charge is -2.18. The molecule has 2 bridgehead atoms. The van der Waals surface area contributed by atoms with Gasteiger partial charge in [0.1, 0.15) is 0 Å². The summed E-state index contributed by atoms with van der Waals surface area (Å²) >= 11 is 0. The molecule has 0 saturated heterocycles. The highest BCUT2D eigenvalue weighted by molar-refractivity contribution is 7.92. The number of carbonyl (C=O) groups excluding carboxylic acids is 1. The molecule has 3 atom stereocenters. The van der Waals surface area contributed by atoms with Gasteiger partial charge in [-0.2, -0.15) is 0 Å². The van der Waals surface area contributed by atoms with Crippen molar-refractivity contribution in [2.24, 2.45) is 17.8 Å². The van der Waals surface area contributed by atoms with E-state index in [1.165, 1.54) is 0 Å². The topological polar surface area (TPSA) is 75.3 Å². The molecule has 2 aliphatic carbocycles. The summed E-state index contributed by atoms with van der Waals surface area (Å²) in [5.41, 5.74) is 1.10. The van der Waals surface area contributed by atoms with Crippen molar-refractivity contribution in [3.05, 3.63) is 36.4 Å². The Hall–Kier alpha value is -1.82. The second-order valence-corrected chi connectivity index (χ2v) is 8.22. The van der Waals surface area contributed by atoms with E-state index in [-0.39, 0.29) is 17.6 Å². The van der Waals surface area contributed by atoms with Crippen molar-refractivity contribution in [2.45, 2.75) is 26.2 Å². The van der Waals surface area contributed by atoms with Gasteiger partial charge in [0.05, 0.1) is 11.4 Å². The predicted molar refractivity (Wildman–Crippen MR) is 91.6 cm³/mol. The van der Waals surface area contributed by atoms with Crippen LogP contribution >= 0.6 is 0 Å². The van der Waals surface area contributed by atoms with E-state index in [0.29, 0.717) is 29.6 Å². The number of allylic oxidation sites excluding steroid dienone is 2. The predicted octanol–water partition coefficient (Wildman–Crippen LogP) is 2.99. The maximum Gasteiger partial charge on any atom is 0.232 e. The zero-order valence-electron chi connectivity index (χ0n) is 13.2. The van der Waals surface area contributed by atoms with Crippen LogP contribution in [-0.2, 0) is 14.8 Å². The first-order valence-corrected chi connectivity index (χ1v) is 9.72. The largest absolute Gasteiger partial charge is 0.326 e. The lowest BCUT2D eigenvalue weighted by Crippen LogP contribution is -2.26. The highest BCUT2D eigenvalue weighted by Gasteiger charge is 2.39. The van der Waals surface area contributed by atoms with Crippen molar-refractivity contribution in [2.75, 3.05) is 15.8 Å². The number of nitrogens with one attached hydrogen (secondary N) is 2. The molecule has 0 spiro atoms. The van der Waals surface area contributed by atoms with Crippen LogP contribution in [-0.4, -0.2) is 20.1 Å². The summed E-state index contributed by atoms with van der Waals surface area (Å²) in [5, 5.41) is 2.92. The van der Waals surface area contributed by atoms with Gasteiger partial charge in [-0.05, 0) is 49.3 Å². The Morgan fingerprint density at radius 3 is 2.65 bits per heavy atom. The standard InChI is InChI=1S/C17H22N2O3S/c1-2-8-23(21,22)19-15-5-3-4-14(11-15)18-17(20)16-10-12-6-7-13(16)9-12/h3-7,11-13,16,19H,2,8-10H2,1H3,(H,18,20)/t12-,13-,16+/m0/s1. The average molecular weight is 334 g/mol. The van der Waals surface area contributed by atoms with E-state index in [2.05, 4.69) is 22.2 Å². The Morgan fingerprint density at radius 2 is 2.00 bits per heavy atom. The van der Waals surface area contributed by atoms with Crippen LogP contribution in [0.3, 0.4) is 0 Å². The number of anilines is 2. The molecule has 5 nitrogen and oxygen atoms in total. The monoisotopic (exact) mass is 334 g/mol. The summed E-state index contributed by atoms with van der Waals surface area (Å²) in [5.74, 6) is 1.04. The number of benzene rings is 1. The fraction of sp³-hybridized carbons (Fsp3) is 0.471. The van der Waals surface area contributed by atoms with E-state index in [4.69, 9.17) is 0 Å². The summed E-state index contributed by atoms with van der Waals surface area (Å²) in [6.07, 6.45) is 6.90. The van der Waals surface area contributed by atoms with E-state index in [1.807, 2.05) is 6.92 Å². The van der Waals surface area contributed by atoms with Crippen LogP contribution in [0.5, 0.6) is 0 Å². The van der Waals surface area contributed by atoms with Gasteiger partial charge in [-0.3, -0.25) is 9.52 Å². The molecule has 0 aromatic heterocycles. The van der Waals surface area contributed by atoms with Crippen LogP contribution in [0, 0.1) is 17.8 Å². The van der Waals surface area contributed by atoms with E-state index in [1.54, 1.807) is 24.3 Å². The number of hydrogen-bond donors (Lipinski definition) is 2. The molecule has 0 unspecified atom stereocenters. The van der Waals surface area contributed by atoms with Crippen molar-refractivity contribution in [3.8, 4) is 0 Å². The van der Waals surface area contributed by atoms with Crippen LogP contribution in [0.4, 0.5) is 11.4 Å². The highest BCUT2D eigenvalue weighted by Crippen LogP contribution is 2.43. The van der Waals surface area contributed by atoms with Gasteiger partial charge in [-0.25, -0.2) is 8.42 Å². The zero-order chi connectivity index (χ0) is 16.4. The fourth-order valence-electron chi connectivity index (χ4n) is 3.48. The van der Waals surface area contributed by atoms with Gasteiger partial charge in [0.25, 0.3) is 0 Å². The van der Waals surface area contributed by atoms with Gasteiger partial charge >= 0.3 is 0 Å². The second kappa shape index (κ2) is 6.35. The maximum absolute atomic E-state index is 12.4. The lowest BCUT2D eigenvalue weighted by atomic mass is 9.93. The minimum Gasteiger partial charge on any atom is -0.326 e. The first-order chi connectivity index (χ1) is 11.0. The summed E-state index contributed by atoms with van der Waals surface area (Å²) in [6, 6.07) is 6.86.